The largest absolute Gasteiger partial charge is 0.461 e. The number of hydrogen-bond acceptors (Lipinski definition) is 6. The molecule has 0 spiro atoms. The quantitative estimate of drug-likeness (QED) is 0.708. The van der Waals surface area contributed by atoms with Gasteiger partial charge in [-0.05, 0) is 19.1 Å². The van der Waals surface area contributed by atoms with Crippen LogP contribution in [-0.4, -0.2) is 28.3 Å². The highest BCUT2D eigenvalue weighted by Gasteiger charge is 2.23. The Hall–Kier alpha value is -3.07. The fourth-order valence-corrected chi connectivity index (χ4v) is 3.42. The Balaban J connectivity index is 2.37. The number of nitrogens with one attached hydrogen (secondary N) is 1. The van der Waals surface area contributed by atoms with Crippen molar-refractivity contribution in [3.05, 3.63) is 51.5 Å². The van der Waals surface area contributed by atoms with E-state index in [0.717, 1.165) is 16.0 Å². The van der Waals surface area contributed by atoms with Crippen LogP contribution in [0.2, 0.25) is 0 Å². The van der Waals surface area contributed by atoms with E-state index in [1.165, 1.54) is 30.5 Å². The van der Waals surface area contributed by atoms with Gasteiger partial charge in [-0.25, -0.2) is 9.18 Å². The molecule has 0 radical (unpaired) electrons. The zero-order valence-corrected chi connectivity index (χ0v) is 14.7. The van der Waals surface area contributed by atoms with Crippen LogP contribution in [0.5, 0.6) is 0 Å². The fraction of sp³-hybridized carbons (Fsp3) is 0.176. The van der Waals surface area contributed by atoms with Gasteiger partial charge in [0.15, 0.2) is 5.69 Å². The van der Waals surface area contributed by atoms with E-state index in [2.05, 4.69) is 10.4 Å². The van der Waals surface area contributed by atoms with Gasteiger partial charge < -0.3 is 10.1 Å². The van der Waals surface area contributed by atoms with Crippen molar-refractivity contribution in [2.24, 2.45) is 0 Å². The molecule has 3 rings (SSSR count). The highest BCUT2D eigenvalue weighted by molar-refractivity contribution is 7.16. The van der Waals surface area contributed by atoms with E-state index >= 15 is 0 Å². The van der Waals surface area contributed by atoms with Crippen LogP contribution in [-0.2, 0) is 9.53 Å². The first-order valence-electron chi connectivity index (χ1n) is 7.68. The summed E-state index contributed by atoms with van der Waals surface area (Å²) in [5.41, 5.74) is -0.884. The van der Waals surface area contributed by atoms with Crippen LogP contribution in [0.25, 0.3) is 16.5 Å². The maximum absolute atomic E-state index is 14.2. The van der Waals surface area contributed by atoms with Crippen LogP contribution in [0, 0.1) is 5.82 Å². The first-order valence-corrected chi connectivity index (χ1v) is 8.56. The second-order valence-electron chi connectivity index (χ2n) is 5.27. The van der Waals surface area contributed by atoms with Gasteiger partial charge in [-0.3, -0.25) is 9.59 Å². The number of amides is 1. The van der Waals surface area contributed by atoms with E-state index in [9.17, 15) is 18.8 Å². The molecule has 0 aliphatic heterocycles. The lowest BCUT2D eigenvalue weighted by molar-refractivity contribution is -0.114. The van der Waals surface area contributed by atoms with E-state index < -0.39 is 17.3 Å². The predicted molar refractivity (Wildman–Crippen MR) is 95.4 cm³/mol. The van der Waals surface area contributed by atoms with Gasteiger partial charge >= 0.3 is 5.97 Å². The average molecular weight is 375 g/mol. The van der Waals surface area contributed by atoms with Gasteiger partial charge in [0.25, 0.3) is 5.56 Å². The Labute approximate surface area is 151 Å². The Bertz CT molecular complexity index is 1070. The molecule has 2 heterocycles. The Kier molecular flexibility index (Phi) is 4.81. The van der Waals surface area contributed by atoms with Gasteiger partial charge in [-0.1, -0.05) is 12.1 Å². The number of aromatic nitrogens is 2. The summed E-state index contributed by atoms with van der Waals surface area (Å²) in [6.07, 6.45) is 0. The first kappa shape index (κ1) is 17.7. The summed E-state index contributed by atoms with van der Waals surface area (Å²) < 4.78 is 20.0. The van der Waals surface area contributed by atoms with Gasteiger partial charge in [0, 0.05) is 17.7 Å². The number of halogens is 1. The number of benzene rings is 1. The first-order chi connectivity index (χ1) is 12.4. The molecule has 9 heteroatoms. The van der Waals surface area contributed by atoms with E-state index in [1.807, 2.05) is 0 Å². The summed E-state index contributed by atoms with van der Waals surface area (Å²) in [6, 6.07) is 5.57. The Morgan fingerprint density at radius 1 is 1.35 bits per heavy atom. The molecule has 7 nitrogen and oxygen atoms in total. The van der Waals surface area contributed by atoms with Crippen LogP contribution < -0.4 is 10.9 Å². The molecule has 0 atom stereocenters. The van der Waals surface area contributed by atoms with Crippen LogP contribution in [0.3, 0.4) is 0 Å². The highest BCUT2D eigenvalue weighted by atomic mass is 32.1. The molecular weight excluding hydrogens is 361 g/mol. The predicted octanol–water partition coefficient (Wildman–Crippen LogP) is 2.72. The molecule has 2 aromatic heterocycles. The standard InChI is InChI=1S/C17H14FN3O4S/c1-3-25-17(24)14-10-8-26-15(19-9(2)22)13(10)16(23)21(20-14)12-7-5-4-6-11(12)18/h4-8H,3H2,1-2H3,(H,19,22). The number of fused-ring (bicyclic) bond motifs is 1. The summed E-state index contributed by atoms with van der Waals surface area (Å²) in [7, 11) is 0. The number of nitrogens with zero attached hydrogens (tertiary/aromatic N) is 2. The molecule has 0 aliphatic carbocycles. The van der Waals surface area contributed by atoms with Gasteiger partial charge in [-0.2, -0.15) is 9.78 Å². The third kappa shape index (κ3) is 3.08. The lowest BCUT2D eigenvalue weighted by atomic mass is 10.2. The molecule has 1 amide bonds. The number of carbonyl (C=O) groups excluding carboxylic acids is 2. The molecule has 0 aliphatic rings. The summed E-state index contributed by atoms with van der Waals surface area (Å²) >= 11 is 1.08. The lowest BCUT2D eigenvalue weighted by Gasteiger charge is -2.10. The molecule has 0 unspecified atom stereocenters. The maximum Gasteiger partial charge on any atom is 0.359 e. The number of hydrogen-bond donors (Lipinski definition) is 1. The molecular formula is C17H14FN3O4S. The molecule has 0 saturated heterocycles. The minimum absolute atomic E-state index is 0.0755. The number of esters is 1. The molecule has 3 aromatic rings. The number of rotatable bonds is 4. The Morgan fingerprint density at radius 3 is 2.73 bits per heavy atom. The van der Waals surface area contributed by atoms with Crippen LogP contribution in [0.15, 0.2) is 34.4 Å². The van der Waals surface area contributed by atoms with Crippen molar-refractivity contribution in [2.45, 2.75) is 13.8 Å². The normalized spacial score (nSPS) is 10.7. The number of ether oxygens (including phenoxy) is 1. The number of thiophene rings is 1. The monoisotopic (exact) mass is 375 g/mol. The van der Waals surface area contributed by atoms with Crippen LogP contribution in [0.1, 0.15) is 24.3 Å². The smallest absolute Gasteiger partial charge is 0.359 e. The Morgan fingerprint density at radius 2 is 2.08 bits per heavy atom. The minimum atomic E-state index is -0.741. The second kappa shape index (κ2) is 7.04. The van der Waals surface area contributed by atoms with E-state index in [-0.39, 0.29) is 39.7 Å². The van der Waals surface area contributed by atoms with Crippen molar-refractivity contribution >= 4 is 39.0 Å². The second-order valence-corrected chi connectivity index (χ2v) is 6.15. The summed E-state index contributed by atoms with van der Waals surface area (Å²) in [5, 5.41) is 8.69. The molecule has 0 fully saturated rings. The minimum Gasteiger partial charge on any atom is -0.461 e. The van der Waals surface area contributed by atoms with Gasteiger partial charge in [0.05, 0.1) is 12.0 Å². The number of carbonyl (C=O) groups is 2. The van der Waals surface area contributed by atoms with E-state index in [0.29, 0.717) is 0 Å². The van der Waals surface area contributed by atoms with E-state index in [1.54, 1.807) is 13.0 Å². The molecule has 1 N–H and O–H groups in total. The van der Waals surface area contributed by atoms with Gasteiger partial charge in [-0.15, -0.1) is 11.3 Å². The highest BCUT2D eigenvalue weighted by Crippen LogP contribution is 2.30. The summed E-state index contributed by atoms with van der Waals surface area (Å²) in [6.45, 7) is 3.05. The molecule has 134 valence electrons. The number of anilines is 1. The summed E-state index contributed by atoms with van der Waals surface area (Å²) in [4.78, 5) is 36.6. The topological polar surface area (TPSA) is 90.3 Å². The molecule has 0 bridgehead atoms. The van der Waals surface area contributed by atoms with Crippen molar-refractivity contribution in [2.75, 3.05) is 11.9 Å². The van der Waals surface area contributed by atoms with Crippen LogP contribution >= 0.6 is 11.3 Å². The SMILES string of the molecule is CCOC(=O)c1nn(-c2ccccc2F)c(=O)c2c(NC(C)=O)scc12. The van der Waals surface area contributed by atoms with Gasteiger partial charge in [0.1, 0.15) is 16.5 Å². The third-order valence-electron chi connectivity index (χ3n) is 3.49. The van der Waals surface area contributed by atoms with Gasteiger partial charge in [0.2, 0.25) is 5.91 Å². The summed E-state index contributed by atoms with van der Waals surface area (Å²) in [5.74, 6) is -1.79. The lowest BCUT2D eigenvalue weighted by Crippen LogP contribution is -2.26. The van der Waals surface area contributed by atoms with Crippen molar-refractivity contribution in [3.63, 3.8) is 0 Å². The van der Waals surface area contributed by atoms with Crippen LogP contribution in [0.4, 0.5) is 9.39 Å². The third-order valence-corrected chi connectivity index (χ3v) is 4.39. The average Bonchev–Trinajstić information content (AvgIpc) is 3.00. The van der Waals surface area contributed by atoms with Crippen molar-refractivity contribution in [1.82, 2.24) is 9.78 Å². The van der Waals surface area contributed by atoms with E-state index in [4.69, 9.17) is 4.74 Å². The molecule has 26 heavy (non-hydrogen) atoms. The zero-order chi connectivity index (χ0) is 18.8. The maximum atomic E-state index is 14.2. The zero-order valence-electron chi connectivity index (χ0n) is 13.9. The van der Waals surface area contributed by atoms with Crippen molar-refractivity contribution < 1.29 is 18.7 Å². The number of para-hydroxylation sites is 1. The molecule has 0 saturated carbocycles. The molecule has 1 aromatic carbocycles. The van der Waals surface area contributed by atoms with Crippen molar-refractivity contribution in [1.29, 1.82) is 0 Å². The fourth-order valence-electron chi connectivity index (χ4n) is 2.44. The van der Waals surface area contributed by atoms with Crippen molar-refractivity contribution in [3.8, 4) is 5.69 Å².